The molecule has 0 unspecified atom stereocenters. The quantitative estimate of drug-likeness (QED) is 0.141. The summed E-state index contributed by atoms with van der Waals surface area (Å²) in [6.07, 6.45) is 0.881. The summed E-state index contributed by atoms with van der Waals surface area (Å²) in [5.41, 5.74) is 5.51. The van der Waals surface area contributed by atoms with Gasteiger partial charge >= 0.3 is 5.97 Å². The molecule has 0 aromatic carbocycles. The van der Waals surface area contributed by atoms with Crippen molar-refractivity contribution in [3.8, 4) is 0 Å². The molecule has 1 heterocycles. The molecule has 0 aromatic rings. The van der Waals surface area contributed by atoms with Crippen LogP contribution in [0.5, 0.6) is 0 Å². The molecular formula is C17H29N5O7S2. The normalized spacial score (nSPS) is 19.6. The molecule has 176 valence electrons. The van der Waals surface area contributed by atoms with Gasteiger partial charge in [-0.3, -0.25) is 19.2 Å². The first-order chi connectivity index (χ1) is 14.6. The number of hydrogen-bond donors (Lipinski definition) is 8. The fourth-order valence-corrected chi connectivity index (χ4v) is 3.36. The molecule has 0 saturated carbocycles. The molecule has 0 radical (unpaired) electrons. The minimum atomic E-state index is -1.35. The minimum Gasteiger partial charge on any atom is -0.480 e. The third kappa shape index (κ3) is 7.55. The Bertz CT molecular complexity index is 696. The fourth-order valence-electron chi connectivity index (χ4n) is 2.93. The first kappa shape index (κ1) is 27.0. The first-order valence-electron chi connectivity index (χ1n) is 9.59. The molecule has 12 nitrogen and oxygen atoms in total. The molecular weight excluding hydrogens is 450 g/mol. The van der Waals surface area contributed by atoms with E-state index in [-0.39, 0.29) is 18.1 Å². The van der Waals surface area contributed by atoms with Gasteiger partial charge in [-0.05, 0) is 19.8 Å². The Kier molecular flexibility index (Phi) is 11.1. The number of thiol groups is 2. The molecule has 0 spiro atoms. The van der Waals surface area contributed by atoms with Gasteiger partial charge < -0.3 is 36.8 Å². The van der Waals surface area contributed by atoms with Crippen LogP contribution in [0.3, 0.4) is 0 Å². The number of likely N-dealkylation sites (tertiary alicyclic amines) is 1. The Labute approximate surface area is 190 Å². The number of nitrogens with zero attached hydrogens (tertiary/aromatic N) is 1. The summed E-state index contributed by atoms with van der Waals surface area (Å²) in [5.74, 6) is -4.05. The predicted molar refractivity (Wildman–Crippen MR) is 117 cm³/mol. The summed E-state index contributed by atoms with van der Waals surface area (Å²) in [4.78, 5) is 61.6. The Morgan fingerprint density at radius 1 is 1.03 bits per heavy atom. The maximum atomic E-state index is 12.5. The number of nitrogens with one attached hydrogen (secondary N) is 3. The average molecular weight is 480 g/mol. The van der Waals surface area contributed by atoms with E-state index < -0.39 is 66.4 Å². The molecule has 4 amide bonds. The summed E-state index contributed by atoms with van der Waals surface area (Å²) in [5, 5.41) is 25.6. The van der Waals surface area contributed by atoms with Crippen LogP contribution in [-0.4, -0.2) is 99.6 Å². The molecule has 1 fully saturated rings. The number of carboxylic acid groups (broad SMARTS) is 1. The Balaban J connectivity index is 2.71. The minimum absolute atomic E-state index is 0.0267. The second-order valence-electron chi connectivity index (χ2n) is 7.03. The van der Waals surface area contributed by atoms with Crippen molar-refractivity contribution in [2.75, 3.05) is 24.7 Å². The third-order valence-electron chi connectivity index (χ3n) is 4.71. The SMILES string of the molecule is C[C@H](NC(=O)[C@H](CS)NC(=O)[C@H](CO)NC(=O)[C@@H](N)CS)C(=O)N1CCC[C@H]1C(=O)O. The molecule has 0 aliphatic carbocycles. The van der Waals surface area contributed by atoms with E-state index in [9.17, 15) is 34.2 Å². The molecule has 14 heteroatoms. The topological polar surface area (TPSA) is 191 Å². The van der Waals surface area contributed by atoms with Gasteiger partial charge in [-0.25, -0.2) is 4.79 Å². The van der Waals surface area contributed by atoms with Crippen LogP contribution < -0.4 is 21.7 Å². The van der Waals surface area contributed by atoms with E-state index in [1.807, 2.05) is 0 Å². The molecule has 1 aliphatic heterocycles. The van der Waals surface area contributed by atoms with Crippen LogP contribution in [0.2, 0.25) is 0 Å². The summed E-state index contributed by atoms with van der Waals surface area (Å²) in [6.45, 7) is 0.942. The van der Waals surface area contributed by atoms with Crippen molar-refractivity contribution in [3.05, 3.63) is 0 Å². The molecule has 5 atom stereocenters. The summed E-state index contributed by atoms with van der Waals surface area (Å²) >= 11 is 7.90. The largest absolute Gasteiger partial charge is 0.480 e. The monoisotopic (exact) mass is 479 g/mol. The number of carbonyl (C=O) groups excluding carboxylic acids is 4. The van der Waals surface area contributed by atoms with E-state index in [2.05, 4.69) is 41.2 Å². The standard InChI is InChI=1S/C17H29N5O7S2/c1-8(16(27)22-4-2-3-12(22)17(28)29)19-15(26)11(7-31)21-14(25)10(5-23)20-13(24)9(18)6-30/h8-12,23,30-31H,2-7,18H2,1H3,(H,19,26)(H,20,24)(H,21,25)(H,28,29)/t8-,9-,10-,11-,12-/m0/s1. The van der Waals surface area contributed by atoms with Crippen LogP contribution in [0.1, 0.15) is 19.8 Å². The van der Waals surface area contributed by atoms with E-state index in [0.717, 1.165) is 0 Å². The smallest absolute Gasteiger partial charge is 0.326 e. The number of aliphatic carboxylic acids is 1. The zero-order valence-corrected chi connectivity index (χ0v) is 18.8. The number of amides is 4. The lowest BCUT2D eigenvalue weighted by Gasteiger charge is -2.27. The maximum absolute atomic E-state index is 12.5. The number of nitrogens with two attached hydrogens (primary N) is 1. The van der Waals surface area contributed by atoms with Crippen LogP contribution >= 0.6 is 25.3 Å². The highest BCUT2D eigenvalue weighted by atomic mass is 32.1. The van der Waals surface area contributed by atoms with Crippen LogP contribution in [0.25, 0.3) is 0 Å². The molecule has 31 heavy (non-hydrogen) atoms. The average Bonchev–Trinajstić information content (AvgIpc) is 3.24. The van der Waals surface area contributed by atoms with E-state index in [1.54, 1.807) is 0 Å². The van der Waals surface area contributed by atoms with Gasteiger partial charge in [0.1, 0.15) is 24.2 Å². The van der Waals surface area contributed by atoms with Crippen molar-refractivity contribution in [3.63, 3.8) is 0 Å². The number of hydrogen-bond acceptors (Lipinski definition) is 9. The number of aliphatic hydroxyl groups is 1. The zero-order valence-electron chi connectivity index (χ0n) is 17.0. The van der Waals surface area contributed by atoms with E-state index >= 15 is 0 Å². The van der Waals surface area contributed by atoms with E-state index in [1.165, 1.54) is 11.8 Å². The number of rotatable bonds is 11. The van der Waals surface area contributed by atoms with Gasteiger partial charge in [0.2, 0.25) is 23.6 Å². The van der Waals surface area contributed by atoms with Crippen molar-refractivity contribution in [2.24, 2.45) is 5.73 Å². The molecule has 0 aromatic heterocycles. The number of aliphatic hydroxyl groups excluding tert-OH is 1. The van der Waals surface area contributed by atoms with Gasteiger partial charge in [-0.1, -0.05) is 0 Å². The highest BCUT2D eigenvalue weighted by Crippen LogP contribution is 2.18. The van der Waals surface area contributed by atoms with Gasteiger partial charge in [-0.2, -0.15) is 25.3 Å². The predicted octanol–water partition coefficient (Wildman–Crippen LogP) is -3.28. The van der Waals surface area contributed by atoms with Gasteiger partial charge in [-0.15, -0.1) is 0 Å². The maximum Gasteiger partial charge on any atom is 0.326 e. The second-order valence-corrected chi connectivity index (χ2v) is 7.77. The van der Waals surface area contributed by atoms with Crippen LogP contribution in [0, 0.1) is 0 Å². The number of carbonyl (C=O) groups is 5. The molecule has 0 bridgehead atoms. The van der Waals surface area contributed by atoms with Crippen molar-refractivity contribution in [1.29, 1.82) is 0 Å². The Morgan fingerprint density at radius 3 is 2.13 bits per heavy atom. The van der Waals surface area contributed by atoms with Gasteiger partial charge in [0.15, 0.2) is 0 Å². The lowest BCUT2D eigenvalue weighted by atomic mass is 10.2. The Hall–Kier alpha value is -2.03. The van der Waals surface area contributed by atoms with Crippen LogP contribution in [-0.2, 0) is 24.0 Å². The number of carboxylic acids is 1. The van der Waals surface area contributed by atoms with Crippen molar-refractivity contribution >= 4 is 54.9 Å². The van der Waals surface area contributed by atoms with Crippen LogP contribution in [0.15, 0.2) is 0 Å². The third-order valence-corrected chi connectivity index (χ3v) is 5.47. The summed E-state index contributed by atoms with van der Waals surface area (Å²) < 4.78 is 0. The van der Waals surface area contributed by atoms with Crippen molar-refractivity contribution in [1.82, 2.24) is 20.9 Å². The molecule has 1 rings (SSSR count). The fraction of sp³-hybridized carbons (Fsp3) is 0.706. The van der Waals surface area contributed by atoms with E-state index in [0.29, 0.717) is 12.8 Å². The van der Waals surface area contributed by atoms with Gasteiger partial charge in [0.05, 0.1) is 12.6 Å². The molecule has 1 saturated heterocycles. The first-order valence-corrected chi connectivity index (χ1v) is 10.9. The summed E-state index contributed by atoms with van der Waals surface area (Å²) in [6, 6.07) is -5.49. The Morgan fingerprint density at radius 2 is 1.61 bits per heavy atom. The van der Waals surface area contributed by atoms with Gasteiger partial charge in [0, 0.05) is 18.1 Å². The molecule has 1 aliphatic rings. The van der Waals surface area contributed by atoms with Crippen molar-refractivity contribution < 1.29 is 34.2 Å². The van der Waals surface area contributed by atoms with E-state index in [4.69, 9.17) is 5.73 Å². The zero-order chi connectivity index (χ0) is 23.7. The highest BCUT2D eigenvalue weighted by molar-refractivity contribution is 7.80. The van der Waals surface area contributed by atoms with Crippen LogP contribution in [0.4, 0.5) is 0 Å². The molecule has 7 N–H and O–H groups in total. The lowest BCUT2D eigenvalue weighted by molar-refractivity contribution is -0.149. The second kappa shape index (κ2) is 12.7. The lowest BCUT2D eigenvalue weighted by Crippen LogP contribution is -2.59. The summed E-state index contributed by atoms with van der Waals surface area (Å²) in [7, 11) is 0. The van der Waals surface area contributed by atoms with Gasteiger partial charge in [0.25, 0.3) is 0 Å². The highest BCUT2D eigenvalue weighted by Gasteiger charge is 2.37. The van der Waals surface area contributed by atoms with Crippen molar-refractivity contribution in [2.45, 2.75) is 50.0 Å².